The van der Waals surface area contributed by atoms with E-state index in [-0.39, 0.29) is 5.91 Å². The lowest BCUT2D eigenvalue weighted by Gasteiger charge is -2.34. The minimum atomic E-state index is 0.118. The Hall–Kier alpha value is -2.10. The molecule has 1 unspecified atom stereocenters. The summed E-state index contributed by atoms with van der Waals surface area (Å²) in [6, 6.07) is 6.28. The quantitative estimate of drug-likeness (QED) is 0.812. The van der Waals surface area contributed by atoms with Crippen LogP contribution < -0.4 is 0 Å². The summed E-state index contributed by atoms with van der Waals surface area (Å²) in [5.74, 6) is 0.118. The molecule has 0 saturated carbocycles. The number of fused-ring (bicyclic) bond motifs is 1. The number of likely N-dealkylation sites (tertiary alicyclic amines) is 1. The molecule has 2 aromatic heterocycles. The van der Waals surface area contributed by atoms with Crippen LogP contribution in [0.15, 0.2) is 36.7 Å². The number of pyridine rings is 1. The molecule has 110 valence electrons. The molecule has 0 spiro atoms. The molecule has 1 saturated heterocycles. The summed E-state index contributed by atoms with van der Waals surface area (Å²) in [5, 5.41) is 0. The summed E-state index contributed by atoms with van der Waals surface area (Å²) in [6.07, 6.45) is 11.8. The van der Waals surface area contributed by atoms with Crippen LogP contribution in [0.2, 0.25) is 0 Å². The fourth-order valence-electron chi connectivity index (χ4n) is 3.04. The van der Waals surface area contributed by atoms with E-state index in [0.717, 1.165) is 37.1 Å². The number of carbonyl (C=O) groups is 1. The summed E-state index contributed by atoms with van der Waals surface area (Å²) in [6.45, 7) is 3.04. The largest absolute Gasteiger partial charge is 0.336 e. The Kier molecular flexibility index (Phi) is 4.04. The lowest BCUT2D eigenvalue weighted by atomic mass is 10.00. The number of hydrogen-bond donors (Lipinski definition) is 0. The summed E-state index contributed by atoms with van der Waals surface area (Å²) < 4.78 is 1.98. The molecule has 0 aliphatic carbocycles. The van der Waals surface area contributed by atoms with Crippen molar-refractivity contribution in [1.82, 2.24) is 14.3 Å². The molecule has 1 aliphatic heterocycles. The molecular formula is C17H21N3O. The molecule has 1 atom stereocenters. The summed E-state index contributed by atoms with van der Waals surface area (Å²) in [4.78, 5) is 18.8. The first-order valence-electron chi connectivity index (χ1n) is 7.70. The predicted octanol–water partition coefficient (Wildman–Crippen LogP) is 3.14. The first kappa shape index (κ1) is 13.9. The maximum absolute atomic E-state index is 12.4. The van der Waals surface area contributed by atoms with Gasteiger partial charge in [0.05, 0.1) is 11.9 Å². The van der Waals surface area contributed by atoms with Crippen molar-refractivity contribution in [2.75, 3.05) is 6.54 Å². The van der Waals surface area contributed by atoms with Gasteiger partial charge in [0, 0.05) is 24.9 Å². The van der Waals surface area contributed by atoms with Crippen molar-refractivity contribution in [3.05, 3.63) is 42.4 Å². The van der Waals surface area contributed by atoms with Gasteiger partial charge in [0.2, 0.25) is 5.91 Å². The zero-order chi connectivity index (χ0) is 14.7. The zero-order valence-corrected chi connectivity index (χ0v) is 12.4. The number of nitrogens with zero attached hydrogens (tertiary/aromatic N) is 3. The zero-order valence-electron chi connectivity index (χ0n) is 12.4. The Bertz CT molecular complexity index is 659. The molecule has 0 radical (unpaired) electrons. The highest BCUT2D eigenvalue weighted by Crippen LogP contribution is 2.20. The van der Waals surface area contributed by atoms with E-state index in [1.165, 1.54) is 6.42 Å². The van der Waals surface area contributed by atoms with Gasteiger partial charge in [0.1, 0.15) is 5.65 Å². The van der Waals surface area contributed by atoms with Crippen LogP contribution in [-0.4, -0.2) is 32.8 Å². The first-order valence-corrected chi connectivity index (χ1v) is 7.70. The standard InChI is InChI=1S/C17H21N3O/c1-2-14-7-3-5-12-20(14)17(21)10-9-15-13-18-16-8-4-6-11-19(15)16/h4,6,8-11,13-14H,2-3,5,7,12H2,1H3/b10-9+. The third-order valence-corrected chi connectivity index (χ3v) is 4.22. The molecule has 0 bridgehead atoms. The minimum absolute atomic E-state index is 0.118. The van der Waals surface area contributed by atoms with Gasteiger partial charge in [0.25, 0.3) is 0 Å². The predicted molar refractivity (Wildman–Crippen MR) is 83.9 cm³/mol. The van der Waals surface area contributed by atoms with Crippen LogP contribution in [0.5, 0.6) is 0 Å². The average Bonchev–Trinajstić information content (AvgIpc) is 2.96. The van der Waals surface area contributed by atoms with Crippen LogP contribution >= 0.6 is 0 Å². The summed E-state index contributed by atoms with van der Waals surface area (Å²) in [7, 11) is 0. The molecule has 1 fully saturated rings. The number of imidazole rings is 1. The van der Waals surface area contributed by atoms with Crippen molar-refractivity contribution in [2.24, 2.45) is 0 Å². The molecular weight excluding hydrogens is 262 g/mol. The topological polar surface area (TPSA) is 37.6 Å². The second kappa shape index (κ2) is 6.12. The van der Waals surface area contributed by atoms with Crippen molar-refractivity contribution in [1.29, 1.82) is 0 Å². The monoisotopic (exact) mass is 283 g/mol. The van der Waals surface area contributed by atoms with Gasteiger partial charge in [-0.3, -0.25) is 4.79 Å². The number of piperidine rings is 1. The molecule has 1 aliphatic rings. The summed E-state index contributed by atoms with van der Waals surface area (Å²) >= 11 is 0. The van der Waals surface area contributed by atoms with E-state index in [1.807, 2.05) is 39.8 Å². The maximum Gasteiger partial charge on any atom is 0.246 e. The Labute approximate surface area is 125 Å². The fraction of sp³-hybridized carbons (Fsp3) is 0.412. The van der Waals surface area contributed by atoms with Crippen molar-refractivity contribution in [3.8, 4) is 0 Å². The SMILES string of the molecule is CCC1CCCCN1C(=O)/C=C/c1cnc2ccccn12. The van der Waals surface area contributed by atoms with E-state index in [4.69, 9.17) is 0 Å². The molecule has 3 heterocycles. The van der Waals surface area contributed by atoms with Crippen molar-refractivity contribution < 1.29 is 4.79 Å². The Balaban J connectivity index is 1.77. The Morgan fingerprint density at radius 1 is 1.43 bits per heavy atom. The van der Waals surface area contributed by atoms with Gasteiger partial charge >= 0.3 is 0 Å². The lowest BCUT2D eigenvalue weighted by Crippen LogP contribution is -2.42. The van der Waals surface area contributed by atoms with Crippen LogP contribution in [0.4, 0.5) is 0 Å². The fourth-order valence-corrected chi connectivity index (χ4v) is 3.04. The molecule has 3 rings (SSSR count). The third kappa shape index (κ3) is 2.84. The van der Waals surface area contributed by atoms with Crippen LogP contribution in [-0.2, 0) is 4.79 Å². The molecule has 21 heavy (non-hydrogen) atoms. The highest BCUT2D eigenvalue weighted by molar-refractivity contribution is 5.92. The third-order valence-electron chi connectivity index (χ3n) is 4.22. The van der Waals surface area contributed by atoms with Crippen LogP contribution in [0.25, 0.3) is 11.7 Å². The minimum Gasteiger partial charge on any atom is -0.336 e. The van der Waals surface area contributed by atoms with Gasteiger partial charge in [-0.15, -0.1) is 0 Å². The van der Waals surface area contributed by atoms with E-state index in [2.05, 4.69) is 11.9 Å². The highest BCUT2D eigenvalue weighted by Gasteiger charge is 2.23. The van der Waals surface area contributed by atoms with Gasteiger partial charge in [0.15, 0.2) is 0 Å². The normalized spacial score (nSPS) is 19.5. The molecule has 4 heteroatoms. The van der Waals surface area contributed by atoms with E-state index in [1.54, 1.807) is 12.3 Å². The van der Waals surface area contributed by atoms with Crippen molar-refractivity contribution >= 4 is 17.6 Å². The Morgan fingerprint density at radius 2 is 2.33 bits per heavy atom. The van der Waals surface area contributed by atoms with Gasteiger partial charge in [-0.1, -0.05) is 13.0 Å². The molecule has 4 nitrogen and oxygen atoms in total. The van der Waals surface area contributed by atoms with E-state index in [9.17, 15) is 4.79 Å². The van der Waals surface area contributed by atoms with E-state index < -0.39 is 0 Å². The van der Waals surface area contributed by atoms with E-state index in [0.29, 0.717) is 6.04 Å². The number of rotatable bonds is 3. The van der Waals surface area contributed by atoms with Gasteiger partial charge in [-0.2, -0.15) is 0 Å². The molecule has 1 amide bonds. The molecule has 2 aromatic rings. The summed E-state index contributed by atoms with van der Waals surface area (Å²) in [5.41, 5.74) is 1.83. The second-order valence-corrected chi connectivity index (χ2v) is 5.53. The van der Waals surface area contributed by atoms with Crippen molar-refractivity contribution in [3.63, 3.8) is 0 Å². The second-order valence-electron chi connectivity index (χ2n) is 5.53. The van der Waals surface area contributed by atoms with Crippen LogP contribution in [0, 0.1) is 0 Å². The van der Waals surface area contributed by atoms with Crippen molar-refractivity contribution in [2.45, 2.75) is 38.6 Å². The van der Waals surface area contributed by atoms with E-state index >= 15 is 0 Å². The average molecular weight is 283 g/mol. The Morgan fingerprint density at radius 3 is 3.19 bits per heavy atom. The van der Waals surface area contributed by atoms with Gasteiger partial charge in [-0.25, -0.2) is 4.98 Å². The number of aromatic nitrogens is 2. The number of amides is 1. The smallest absolute Gasteiger partial charge is 0.246 e. The first-order chi connectivity index (χ1) is 10.3. The van der Waals surface area contributed by atoms with Gasteiger partial charge in [-0.05, 0) is 43.9 Å². The molecule has 0 N–H and O–H groups in total. The lowest BCUT2D eigenvalue weighted by molar-refractivity contribution is -0.129. The van der Waals surface area contributed by atoms with Crippen LogP contribution in [0.3, 0.4) is 0 Å². The molecule has 0 aromatic carbocycles. The maximum atomic E-state index is 12.4. The van der Waals surface area contributed by atoms with Gasteiger partial charge < -0.3 is 9.30 Å². The number of carbonyl (C=O) groups excluding carboxylic acids is 1. The highest BCUT2D eigenvalue weighted by atomic mass is 16.2. The van der Waals surface area contributed by atoms with Crippen LogP contribution in [0.1, 0.15) is 38.3 Å². The number of hydrogen-bond acceptors (Lipinski definition) is 2.